The van der Waals surface area contributed by atoms with Crippen molar-refractivity contribution in [3.05, 3.63) is 29.8 Å². The van der Waals surface area contributed by atoms with Crippen LogP contribution >= 0.6 is 0 Å². The van der Waals surface area contributed by atoms with Crippen molar-refractivity contribution in [2.24, 2.45) is 0 Å². The van der Waals surface area contributed by atoms with Crippen molar-refractivity contribution in [3.63, 3.8) is 0 Å². The van der Waals surface area contributed by atoms with E-state index in [0.717, 1.165) is 6.41 Å². The molecule has 0 aliphatic carbocycles. The standard InChI is InChI=1S/C16H18N4O3/c1-13(22)20(15-5-3-2-4-14(15)10-17)11-16(23)19-8-6-18(12-21)7-9-19/h2-5,12H,6-9,11H2,1H3. The van der Waals surface area contributed by atoms with Crippen molar-refractivity contribution in [3.8, 4) is 6.07 Å². The average Bonchev–Trinajstić information content (AvgIpc) is 2.59. The summed E-state index contributed by atoms with van der Waals surface area (Å²) in [6.07, 6.45) is 0.771. The molecule has 1 heterocycles. The number of amides is 3. The van der Waals surface area contributed by atoms with Crippen LogP contribution in [0.2, 0.25) is 0 Å². The number of nitrogens with zero attached hydrogens (tertiary/aromatic N) is 4. The summed E-state index contributed by atoms with van der Waals surface area (Å²) in [7, 11) is 0. The van der Waals surface area contributed by atoms with E-state index in [2.05, 4.69) is 0 Å². The van der Waals surface area contributed by atoms with Crippen LogP contribution in [-0.2, 0) is 14.4 Å². The third-order valence-electron chi connectivity index (χ3n) is 3.80. The third-order valence-corrected chi connectivity index (χ3v) is 3.80. The molecule has 7 nitrogen and oxygen atoms in total. The summed E-state index contributed by atoms with van der Waals surface area (Å²) >= 11 is 0. The zero-order chi connectivity index (χ0) is 16.8. The molecule has 0 aromatic heterocycles. The molecule has 0 saturated carbocycles. The molecule has 0 bridgehead atoms. The van der Waals surface area contributed by atoms with Gasteiger partial charge in [0.25, 0.3) is 0 Å². The van der Waals surface area contributed by atoms with E-state index >= 15 is 0 Å². The van der Waals surface area contributed by atoms with Gasteiger partial charge in [-0.15, -0.1) is 0 Å². The molecule has 1 aromatic rings. The molecule has 1 aromatic carbocycles. The summed E-state index contributed by atoms with van der Waals surface area (Å²) in [6.45, 7) is 3.13. The van der Waals surface area contributed by atoms with Gasteiger partial charge in [0.15, 0.2) is 0 Å². The van der Waals surface area contributed by atoms with Gasteiger partial charge in [-0.3, -0.25) is 14.4 Å². The second-order valence-electron chi connectivity index (χ2n) is 5.26. The largest absolute Gasteiger partial charge is 0.342 e. The molecule has 2 rings (SSSR count). The SMILES string of the molecule is CC(=O)N(CC(=O)N1CCN(C=O)CC1)c1ccccc1C#N. The van der Waals surface area contributed by atoms with Crippen LogP contribution in [0.1, 0.15) is 12.5 Å². The Labute approximate surface area is 134 Å². The smallest absolute Gasteiger partial charge is 0.242 e. The average molecular weight is 314 g/mol. The van der Waals surface area contributed by atoms with Crippen LogP contribution in [0.4, 0.5) is 5.69 Å². The van der Waals surface area contributed by atoms with Gasteiger partial charge >= 0.3 is 0 Å². The molecule has 23 heavy (non-hydrogen) atoms. The molecule has 0 N–H and O–H groups in total. The number of nitriles is 1. The molecule has 3 amide bonds. The Morgan fingerprint density at radius 1 is 1.26 bits per heavy atom. The van der Waals surface area contributed by atoms with Crippen molar-refractivity contribution < 1.29 is 14.4 Å². The fraction of sp³-hybridized carbons (Fsp3) is 0.375. The summed E-state index contributed by atoms with van der Waals surface area (Å²) in [5.74, 6) is -0.494. The van der Waals surface area contributed by atoms with Crippen LogP contribution in [0, 0.1) is 11.3 Å². The van der Waals surface area contributed by atoms with Gasteiger partial charge in [-0.25, -0.2) is 0 Å². The van der Waals surface area contributed by atoms with E-state index in [0.29, 0.717) is 37.4 Å². The van der Waals surface area contributed by atoms with E-state index in [1.807, 2.05) is 6.07 Å². The molecular weight excluding hydrogens is 296 g/mol. The number of rotatable bonds is 4. The number of benzene rings is 1. The van der Waals surface area contributed by atoms with Crippen molar-refractivity contribution in [2.75, 3.05) is 37.6 Å². The number of anilines is 1. The summed E-state index contributed by atoms with van der Waals surface area (Å²) in [5.41, 5.74) is 0.781. The highest BCUT2D eigenvalue weighted by molar-refractivity contribution is 5.98. The zero-order valence-corrected chi connectivity index (χ0v) is 12.9. The minimum absolute atomic E-state index is 0.116. The molecule has 0 unspecified atom stereocenters. The molecule has 1 fully saturated rings. The van der Waals surface area contributed by atoms with Crippen LogP contribution in [0.15, 0.2) is 24.3 Å². The Bertz CT molecular complexity index is 645. The van der Waals surface area contributed by atoms with Gasteiger partial charge in [-0.05, 0) is 12.1 Å². The van der Waals surface area contributed by atoms with E-state index in [9.17, 15) is 14.4 Å². The van der Waals surface area contributed by atoms with Crippen LogP contribution in [0.25, 0.3) is 0 Å². The van der Waals surface area contributed by atoms with Gasteiger partial charge in [0.2, 0.25) is 18.2 Å². The summed E-state index contributed by atoms with van der Waals surface area (Å²) < 4.78 is 0. The maximum absolute atomic E-state index is 12.4. The second kappa shape index (κ2) is 7.40. The quantitative estimate of drug-likeness (QED) is 0.744. The first-order chi connectivity index (χ1) is 11.1. The lowest BCUT2D eigenvalue weighted by molar-refractivity contribution is -0.134. The maximum Gasteiger partial charge on any atom is 0.242 e. The maximum atomic E-state index is 12.4. The summed E-state index contributed by atoms with van der Waals surface area (Å²) in [6, 6.07) is 8.72. The molecule has 0 radical (unpaired) electrons. The molecule has 0 spiro atoms. The number of piperazine rings is 1. The monoisotopic (exact) mass is 314 g/mol. The van der Waals surface area contributed by atoms with Crippen LogP contribution < -0.4 is 4.90 Å². The minimum Gasteiger partial charge on any atom is -0.342 e. The topological polar surface area (TPSA) is 84.7 Å². The lowest BCUT2D eigenvalue weighted by atomic mass is 10.1. The Balaban J connectivity index is 2.11. The Morgan fingerprint density at radius 2 is 1.91 bits per heavy atom. The molecule has 1 saturated heterocycles. The van der Waals surface area contributed by atoms with Crippen LogP contribution in [-0.4, -0.2) is 60.7 Å². The van der Waals surface area contributed by atoms with Gasteiger partial charge in [-0.1, -0.05) is 12.1 Å². The number of hydrogen-bond acceptors (Lipinski definition) is 4. The predicted molar refractivity (Wildman–Crippen MR) is 83.4 cm³/mol. The van der Waals surface area contributed by atoms with Crippen molar-refractivity contribution in [1.29, 1.82) is 5.26 Å². The molecule has 0 atom stereocenters. The highest BCUT2D eigenvalue weighted by Gasteiger charge is 2.24. The van der Waals surface area contributed by atoms with Crippen LogP contribution in [0.5, 0.6) is 0 Å². The van der Waals surface area contributed by atoms with Gasteiger partial charge in [0, 0.05) is 33.1 Å². The Kier molecular flexibility index (Phi) is 5.31. The first kappa shape index (κ1) is 16.5. The van der Waals surface area contributed by atoms with Crippen molar-refractivity contribution >= 4 is 23.9 Å². The number of carbonyl (C=O) groups excluding carboxylic acids is 3. The number of para-hydroxylation sites is 1. The second-order valence-corrected chi connectivity index (χ2v) is 5.26. The highest BCUT2D eigenvalue weighted by Crippen LogP contribution is 2.20. The van der Waals surface area contributed by atoms with Gasteiger partial charge in [0.05, 0.1) is 11.3 Å². The van der Waals surface area contributed by atoms with Gasteiger partial charge in [0.1, 0.15) is 12.6 Å². The summed E-state index contributed by atoms with van der Waals surface area (Å²) in [4.78, 5) is 39.6. The number of carbonyl (C=O) groups is 3. The molecular formula is C16H18N4O3. The lowest BCUT2D eigenvalue weighted by Gasteiger charge is -2.34. The molecule has 1 aliphatic heterocycles. The predicted octanol–water partition coefficient (Wildman–Crippen LogP) is 0.212. The Hall–Kier alpha value is -2.88. The van der Waals surface area contributed by atoms with E-state index in [4.69, 9.17) is 5.26 Å². The Morgan fingerprint density at radius 3 is 2.48 bits per heavy atom. The normalized spacial score (nSPS) is 14.1. The van der Waals surface area contributed by atoms with Gasteiger partial charge in [-0.2, -0.15) is 5.26 Å². The highest BCUT2D eigenvalue weighted by atomic mass is 16.2. The summed E-state index contributed by atoms with van der Waals surface area (Å²) in [5, 5.41) is 9.17. The van der Waals surface area contributed by atoms with Gasteiger partial charge < -0.3 is 14.7 Å². The van der Waals surface area contributed by atoms with E-state index < -0.39 is 0 Å². The van der Waals surface area contributed by atoms with Crippen LogP contribution in [0.3, 0.4) is 0 Å². The number of hydrogen-bond donors (Lipinski definition) is 0. The molecule has 120 valence electrons. The van der Waals surface area contributed by atoms with E-state index in [-0.39, 0.29) is 18.4 Å². The van der Waals surface area contributed by atoms with Crippen molar-refractivity contribution in [2.45, 2.75) is 6.92 Å². The molecule has 7 heteroatoms. The fourth-order valence-corrected chi connectivity index (χ4v) is 2.48. The minimum atomic E-state index is -0.299. The van der Waals surface area contributed by atoms with E-state index in [1.54, 1.807) is 34.1 Å². The molecule has 1 aliphatic rings. The first-order valence-electron chi connectivity index (χ1n) is 7.31. The van der Waals surface area contributed by atoms with E-state index in [1.165, 1.54) is 11.8 Å². The fourth-order valence-electron chi connectivity index (χ4n) is 2.48. The zero-order valence-electron chi connectivity index (χ0n) is 12.9. The van der Waals surface area contributed by atoms with Crippen molar-refractivity contribution in [1.82, 2.24) is 9.80 Å². The lowest BCUT2D eigenvalue weighted by Crippen LogP contribution is -2.51. The third kappa shape index (κ3) is 3.86. The first-order valence-corrected chi connectivity index (χ1v) is 7.31.